The molecule has 0 bridgehead atoms. The SMILES string of the molecule is COCCOC(=O)C1(OCCOC)CCC(c2cc(N(S(=O)(=O)COCC[Si](C)(C)C)S(=O)(=O)COCC[Si](C)(C)C)n3ncc(-c4cnn(-c5ccccc5)c4)c3n2)CC1. The standard InChI is InChI=1S/C40H62N6O11S2Si2/c1-52-18-20-56-39(47)40(57-21-19-53-2)16-14-32(15-17-40)36-26-37(45-38(43-36)35(28-42-45)33-27-41-44(29-33)34-12-10-9-11-13-34)46(58(48,49)30-54-22-24-60(3,4)5)59(50,51)31-55-23-25-61(6,7)8/h9-13,26-29,32H,14-25,30-31H2,1-8H3. The largest absolute Gasteiger partial charge is 0.461 e. The molecule has 1 aromatic carbocycles. The number of anilines is 1. The van der Waals surface area contributed by atoms with Crippen molar-refractivity contribution in [1.29, 1.82) is 0 Å². The van der Waals surface area contributed by atoms with Gasteiger partial charge in [-0.1, -0.05) is 57.5 Å². The molecule has 0 N–H and O–H groups in total. The molecule has 0 spiro atoms. The molecule has 1 aliphatic rings. The third-order valence-electron chi connectivity index (χ3n) is 10.3. The van der Waals surface area contributed by atoms with Crippen molar-refractivity contribution in [3.05, 3.63) is 60.7 Å². The molecule has 3 aromatic heterocycles. The van der Waals surface area contributed by atoms with Crippen molar-refractivity contribution >= 4 is 53.6 Å². The van der Waals surface area contributed by atoms with Gasteiger partial charge in [-0.15, -0.1) is 3.71 Å². The highest BCUT2D eigenvalue weighted by Gasteiger charge is 2.46. The van der Waals surface area contributed by atoms with Crippen LogP contribution in [0.3, 0.4) is 0 Å². The number of nitrogens with zero attached hydrogens (tertiary/aromatic N) is 6. The van der Waals surface area contributed by atoms with Gasteiger partial charge in [-0.2, -0.15) is 14.7 Å². The first-order valence-electron chi connectivity index (χ1n) is 20.5. The zero-order valence-electron chi connectivity index (χ0n) is 36.7. The van der Waals surface area contributed by atoms with Gasteiger partial charge in [-0.25, -0.2) is 31.3 Å². The summed E-state index contributed by atoms with van der Waals surface area (Å²) in [5.41, 5.74) is 1.28. The molecule has 0 saturated heterocycles. The number of sulfonamides is 2. The normalized spacial score (nSPS) is 17.8. The first-order valence-corrected chi connectivity index (χ1v) is 31.1. The van der Waals surface area contributed by atoms with Gasteiger partial charge in [0.2, 0.25) is 0 Å². The van der Waals surface area contributed by atoms with Crippen LogP contribution in [-0.4, -0.2) is 135 Å². The number of benzene rings is 1. The summed E-state index contributed by atoms with van der Waals surface area (Å²) in [4.78, 5) is 18.6. The molecular weight excluding hydrogens is 861 g/mol. The van der Waals surface area contributed by atoms with Crippen LogP contribution >= 0.6 is 0 Å². The minimum atomic E-state index is -4.74. The monoisotopic (exact) mass is 922 g/mol. The third kappa shape index (κ3) is 13.0. The lowest BCUT2D eigenvalue weighted by Crippen LogP contribution is -2.46. The molecule has 0 unspecified atom stereocenters. The van der Waals surface area contributed by atoms with Crippen molar-refractivity contribution in [2.75, 3.05) is 69.4 Å². The van der Waals surface area contributed by atoms with Crippen LogP contribution in [0.4, 0.5) is 5.82 Å². The number of esters is 1. The van der Waals surface area contributed by atoms with Crippen molar-refractivity contribution < 1.29 is 50.1 Å². The van der Waals surface area contributed by atoms with E-state index in [2.05, 4.69) is 49.5 Å². The van der Waals surface area contributed by atoms with Crippen LogP contribution in [0.25, 0.3) is 22.5 Å². The van der Waals surface area contributed by atoms with Crippen LogP contribution in [0.1, 0.15) is 37.3 Å². The van der Waals surface area contributed by atoms with Crippen molar-refractivity contribution in [1.82, 2.24) is 24.4 Å². The predicted octanol–water partition coefficient (Wildman–Crippen LogP) is 5.92. The van der Waals surface area contributed by atoms with Crippen molar-refractivity contribution in [2.24, 2.45) is 0 Å². The molecule has 3 heterocycles. The van der Waals surface area contributed by atoms with Crippen LogP contribution in [0, 0.1) is 0 Å². The zero-order chi connectivity index (χ0) is 44.5. The summed E-state index contributed by atoms with van der Waals surface area (Å²) in [6.45, 7) is 13.8. The van der Waals surface area contributed by atoms with Crippen LogP contribution < -0.4 is 3.71 Å². The van der Waals surface area contributed by atoms with Crippen LogP contribution in [0.15, 0.2) is 55.0 Å². The smallest absolute Gasteiger partial charge is 0.338 e. The highest BCUT2D eigenvalue weighted by molar-refractivity contribution is 8.10. The zero-order valence-corrected chi connectivity index (χ0v) is 40.3. The molecule has 338 valence electrons. The van der Waals surface area contributed by atoms with Gasteiger partial charge in [-0.05, 0) is 49.9 Å². The fraction of sp³-hybridized carbons (Fsp3) is 0.600. The quantitative estimate of drug-likeness (QED) is 0.0457. The van der Waals surface area contributed by atoms with E-state index in [1.165, 1.54) is 23.9 Å². The van der Waals surface area contributed by atoms with E-state index in [0.29, 0.717) is 45.5 Å². The number of rotatable bonds is 24. The predicted molar refractivity (Wildman–Crippen MR) is 238 cm³/mol. The Morgan fingerprint density at radius 2 is 1.39 bits per heavy atom. The molecule has 0 amide bonds. The summed E-state index contributed by atoms with van der Waals surface area (Å²) in [5, 5.41) is 9.12. The van der Waals surface area contributed by atoms with Crippen LogP contribution in [0.2, 0.25) is 51.4 Å². The number of carbonyl (C=O) groups excluding carboxylic acids is 1. The molecule has 5 rings (SSSR count). The molecule has 17 nitrogen and oxygen atoms in total. The van der Waals surface area contributed by atoms with Gasteiger partial charge in [0.05, 0.1) is 37.9 Å². The first kappa shape index (κ1) is 48.5. The number of para-hydroxylation sites is 1. The van der Waals surface area contributed by atoms with E-state index in [1.54, 1.807) is 24.2 Å². The lowest BCUT2D eigenvalue weighted by molar-refractivity contribution is -0.180. The molecule has 61 heavy (non-hydrogen) atoms. The molecule has 21 heteroatoms. The third-order valence-corrected chi connectivity index (χ3v) is 17.4. The average Bonchev–Trinajstić information content (AvgIpc) is 3.86. The van der Waals surface area contributed by atoms with Crippen molar-refractivity contribution in [2.45, 2.75) is 88.6 Å². The van der Waals surface area contributed by atoms with E-state index in [4.69, 9.17) is 33.4 Å². The Bertz CT molecular complexity index is 2220. The van der Waals surface area contributed by atoms with Gasteiger partial charge in [-0.3, -0.25) is 0 Å². The summed E-state index contributed by atoms with van der Waals surface area (Å²) in [6, 6.07) is 12.3. The van der Waals surface area contributed by atoms with Gasteiger partial charge in [0.1, 0.15) is 6.61 Å². The lowest BCUT2D eigenvalue weighted by atomic mass is 9.77. The van der Waals surface area contributed by atoms with E-state index in [9.17, 15) is 21.6 Å². The minimum absolute atomic E-state index is 0.0586. The Hall–Kier alpha value is -3.55. The van der Waals surface area contributed by atoms with Gasteiger partial charge in [0, 0.05) is 78.6 Å². The molecule has 0 radical (unpaired) electrons. The Labute approximate surface area is 362 Å². The van der Waals surface area contributed by atoms with Crippen LogP contribution in [-0.2, 0) is 53.3 Å². The topological polar surface area (TPSA) is 192 Å². The second kappa shape index (κ2) is 20.8. The summed E-state index contributed by atoms with van der Waals surface area (Å²) in [7, 11) is -9.64. The van der Waals surface area contributed by atoms with Crippen molar-refractivity contribution in [3.63, 3.8) is 0 Å². The maximum absolute atomic E-state index is 14.5. The number of ether oxygens (including phenoxy) is 6. The van der Waals surface area contributed by atoms with E-state index < -0.39 is 59.6 Å². The molecule has 1 fully saturated rings. The van der Waals surface area contributed by atoms with E-state index in [-0.39, 0.29) is 69.9 Å². The summed E-state index contributed by atoms with van der Waals surface area (Å²) < 4.78 is 94.7. The second-order valence-corrected chi connectivity index (χ2v) is 32.7. The summed E-state index contributed by atoms with van der Waals surface area (Å²) in [5.74, 6) is -2.91. The van der Waals surface area contributed by atoms with Gasteiger partial charge in [0.25, 0.3) is 20.0 Å². The van der Waals surface area contributed by atoms with E-state index in [0.717, 1.165) is 5.69 Å². The van der Waals surface area contributed by atoms with Crippen molar-refractivity contribution in [3.8, 4) is 16.8 Å². The van der Waals surface area contributed by atoms with Gasteiger partial charge < -0.3 is 28.4 Å². The number of carbonyl (C=O) groups is 1. The Morgan fingerprint density at radius 3 is 1.97 bits per heavy atom. The molecular formula is C40H62N6O11S2Si2. The Morgan fingerprint density at radius 1 is 0.803 bits per heavy atom. The highest BCUT2D eigenvalue weighted by atomic mass is 32.3. The minimum Gasteiger partial charge on any atom is -0.461 e. The fourth-order valence-corrected chi connectivity index (χ4v) is 11.6. The number of aromatic nitrogens is 5. The number of fused-ring (bicyclic) bond motifs is 1. The van der Waals surface area contributed by atoms with E-state index >= 15 is 0 Å². The molecule has 1 saturated carbocycles. The average molecular weight is 923 g/mol. The lowest BCUT2D eigenvalue weighted by Gasteiger charge is -2.38. The Balaban J connectivity index is 1.62. The number of methoxy groups -OCH3 is 2. The van der Waals surface area contributed by atoms with Gasteiger partial charge >= 0.3 is 5.97 Å². The maximum atomic E-state index is 14.5. The second-order valence-electron chi connectivity index (χ2n) is 17.7. The molecule has 0 atom stereocenters. The van der Waals surface area contributed by atoms with Gasteiger partial charge in [0.15, 0.2) is 28.9 Å². The Kier molecular flexibility index (Phi) is 16.5. The fourth-order valence-electron chi connectivity index (χ4n) is 6.79. The first-order chi connectivity index (χ1) is 28.8. The maximum Gasteiger partial charge on any atom is 0.338 e. The van der Waals surface area contributed by atoms with Crippen LogP contribution in [0.5, 0.6) is 0 Å². The summed E-state index contributed by atoms with van der Waals surface area (Å²) in [6.07, 6.45) is 6.21. The molecule has 1 aliphatic carbocycles. The number of hydrogen-bond donors (Lipinski definition) is 0. The van der Waals surface area contributed by atoms with E-state index in [1.807, 2.05) is 30.3 Å². The molecule has 0 aliphatic heterocycles. The highest BCUT2D eigenvalue weighted by Crippen LogP contribution is 2.42. The number of hydrogen-bond acceptors (Lipinski definition) is 14. The molecule has 4 aromatic rings. The summed E-state index contributed by atoms with van der Waals surface area (Å²) >= 11 is 0.